The minimum absolute atomic E-state index is 0.0262. The summed E-state index contributed by atoms with van der Waals surface area (Å²) < 4.78 is 35.7. The van der Waals surface area contributed by atoms with Crippen LogP contribution in [0.3, 0.4) is 0 Å². The lowest BCUT2D eigenvalue weighted by molar-refractivity contribution is -0.140. The molecular weight excluding hydrogens is 666 g/mol. The summed E-state index contributed by atoms with van der Waals surface area (Å²) in [7, 11) is -4.21. The molecule has 0 aliphatic heterocycles. The molecule has 1 N–H and O–H groups in total. The second-order valence-electron chi connectivity index (χ2n) is 11.8. The van der Waals surface area contributed by atoms with Crippen LogP contribution in [0.15, 0.2) is 119 Å². The number of sulfonamides is 1. The average molecular weight is 707 g/mol. The molecule has 0 bridgehead atoms. The second kappa shape index (κ2) is 15.4. The first-order valence-corrected chi connectivity index (χ1v) is 17.3. The number of benzene rings is 4. The van der Waals surface area contributed by atoms with Gasteiger partial charge in [0.2, 0.25) is 11.8 Å². The van der Waals surface area contributed by atoms with E-state index in [-0.39, 0.29) is 29.5 Å². The number of carbonyl (C=O) groups is 2. The first-order chi connectivity index (χ1) is 21.9. The normalized spacial score (nSPS) is 12.2. The largest absolute Gasteiger partial charge is 0.494 e. The molecule has 0 saturated heterocycles. The van der Waals surface area contributed by atoms with Crippen LogP contribution in [-0.4, -0.2) is 49.9 Å². The number of amides is 2. The smallest absolute Gasteiger partial charge is 0.264 e. The van der Waals surface area contributed by atoms with E-state index in [0.717, 1.165) is 19.9 Å². The van der Waals surface area contributed by atoms with E-state index in [1.807, 2.05) is 88.4 Å². The molecule has 1 atom stereocenters. The highest BCUT2D eigenvalue weighted by Gasteiger charge is 2.35. The van der Waals surface area contributed by atoms with E-state index in [1.54, 1.807) is 36.4 Å². The van der Waals surface area contributed by atoms with E-state index < -0.39 is 34.1 Å². The van der Waals surface area contributed by atoms with Gasteiger partial charge in [0.25, 0.3) is 10.0 Å². The van der Waals surface area contributed by atoms with Crippen molar-refractivity contribution in [3.05, 3.63) is 125 Å². The summed E-state index contributed by atoms with van der Waals surface area (Å²) in [6.07, 6.45) is 0.240. The topological polar surface area (TPSA) is 96.0 Å². The second-order valence-corrected chi connectivity index (χ2v) is 14.6. The van der Waals surface area contributed by atoms with Crippen LogP contribution in [0.2, 0.25) is 0 Å². The van der Waals surface area contributed by atoms with Crippen LogP contribution in [-0.2, 0) is 32.6 Å². The summed E-state index contributed by atoms with van der Waals surface area (Å²) in [5, 5.41) is 3.04. The van der Waals surface area contributed by atoms with E-state index in [9.17, 15) is 18.0 Å². The van der Waals surface area contributed by atoms with Crippen LogP contribution in [0.5, 0.6) is 5.75 Å². The Labute approximate surface area is 280 Å². The zero-order valence-electron chi connectivity index (χ0n) is 26.5. The lowest BCUT2D eigenvalue weighted by Crippen LogP contribution is -2.56. The minimum Gasteiger partial charge on any atom is -0.494 e. The lowest BCUT2D eigenvalue weighted by atomic mass is 10.0. The van der Waals surface area contributed by atoms with Gasteiger partial charge >= 0.3 is 0 Å². The van der Waals surface area contributed by atoms with Gasteiger partial charge in [0.05, 0.1) is 17.2 Å². The van der Waals surface area contributed by atoms with Crippen LogP contribution in [0.25, 0.3) is 0 Å². The highest BCUT2D eigenvalue weighted by Crippen LogP contribution is 2.28. The Morgan fingerprint density at radius 3 is 1.93 bits per heavy atom. The highest BCUT2D eigenvalue weighted by molar-refractivity contribution is 9.10. The van der Waals surface area contributed by atoms with Crippen molar-refractivity contribution in [3.8, 4) is 5.75 Å². The Bertz CT molecular complexity index is 1690. The molecule has 10 heteroatoms. The maximum absolute atomic E-state index is 14.5. The molecular formula is C36H40BrN3O5S. The zero-order valence-corrected chi connectivity index (χ0v) is 28.9. The molecule has 4 aromatic carbocycles. The summed E-state index contributed by atoms with van der Waals surface area (Å²) in [4.78, 5) is 30.0. The number of rotatable bonds is 13. The fraction of sp³-hybridized carbons (Fsp3) is 0.278. The van der Waals surface area contributed by atoms with Crippen molar-refractivity contribution < 1.29 is 22.7 Å². The highest BCUT2D eigenvalue weighted by atomic mass is 79.9. The lowest BCUT2D eigenvalue weighted by Gasteiger charge is -2.35. The minimum atomic E-state index is -4.21. The predicted molar refractivity (Wildman–Crippen MR) is 185 cm³/mol. The van der Waals surface area contributed by atoms with E-state index in [1.165, 1.54) is 17.0 Å². The van der Waals surface area contributed by atoms with Gasteiger partial charge < -0.3 is 15.0 Å². The Morgan fingerprint density at radius 2 is 1.39 bits per heavy atom. The molecule has 0 radical (unpaired) electrons. The fourth-order valence-electron chi connectivity index (χ4n) is 4.92. The Morgan fingerprint density at radius 1 is 0.826 bits per heavy atom. The number of anilines is 1. The molecule has 0 heterocycles. The van der Waals surface area contributed by atoms with E-state index >= 15 is 0 Å². The molecule has 4 rings (SSSR count). The number of hydrogen-bond donors (Lipinski definition) is 1. The fourth-order valence-corrected chi connectivity index (χ4v) is 6.60. The predicted octanol–water partition coefficient (Wildman–Crippen LogP) is 6.60. The molecule has 4 aromatic rings. The van der Waals surface area contributed by atoms with Crippen molar-refractivity contribution in [1.82, 2.24) is 10.2 Å². The molecule has 0 spiro atoms. The van der Waals surface area contributed by atoms with Gasteiger partial charge in [-0.3, -0.25) is 13.9 Å². The van der Waals surface area contributed by atoms with Crippen molar-refractivity contribution in [2.45, 2.75) is 57.1 Å². The number of ether oxygens (including phenoxy) is 1. The van der Waals surface area contributed by atoms with Crippen LogP contribution in [0.4, 0.5) is 5.69 Å². The molecule has 0 saturated carbocycles. The SMILES string of the molecule is CCOc1ccc(N(CC(=O)N(Cc2ccccc2)[C@H](Cc2ccccc2)C(=O)NC(C)(C)C)S(=O)(=O)c2ccc(Br)cc2)cc1. The number of nitrogens with zero attached hydrogens (tertiary/aromatic N) is 2. The van der Waals surface area contributed by atoms with Gasteiger partial charge in [-0.2, -0.15) is 0 Å². The Balaban J connectivity index is 1.80. The molecule has 2 amide bonds. The third kappa shape index (κ3) is 9.43. The molecule has 242 valence electrons. The number of halogens is 1. The van der Waals surface area contributed by atoms with Crippen molar-refractivity contribution in [3.63, 3.8) is 0 Å². The van der Waals surface area contributed by atoms with E-state index in [4.69, 9.17) is 4.74 Å². The quantitative estimate of drug-likeness (QED) is 0.169. The Kier molecular flexibility index (Phi) is 11.6. The van der Waals surface area contributed by atoms with E-state index in [0.29, 0.717) is 12.4 Å². The van der Waals surface area contributed by atoms with Crippen LogP contribution < -0.4 is 14.4 Å². The number of nitrogens with one attached hydrogen (secondary N) is 1. The molecule has 0 unspecified atom stereocenters. The molecule has 0 aliphatic carbocycles. The van der Waals surface area contributed by atoms with Crippen LogP contribution in [0.1, 0.15) is 38.8 Å². The summed E-state index contributed by atoms with van der Waals surface area (Å²) in [6.45, 7) is 7.52. The first kappa shape index (κ1) is 34.7. The molecule has 0 fully saturated rings. The van der Waals surface area contributed by atoms with E-state index in [2.05, 4.69) is 21.2 Å². The maximum atomic E-state index is 14.5. The van der Waals surface area contributed by atoms with Gasteiger partial charge in [0.1, 0.15) is 18.3 Å². The maximum Gasteiger partial charge on any atom is 0.264 e. The van der Waals surface area contributed by atoms with Gasteiger partial charge in [0.15, 0.2) is 0 Å². The van der Waals surface area contributed by atoms with Crippen molar-refractivity contribution >= 4 is 43.5 Å². The average Bonchev–Trinajstić information content (AvgIpc) is 3.02. The molecule has 8 nitrogen and oxygen atoms in total. The number of carbonyl (C=O) groups excluding carboxylic acids is 2. The van der Waals surface area contributed by atoms with Crippen molar-refractivity contribution in [2.24, 2.45) is 0 Å². The van der Waals surface area contributed by atoms with Crippen LogP contribution in [0, 0.1) is 0 Å². The molecule has 0 aromatic heterocycles. The Hall–Kier alpha value is -4.15. The zero-order chi connectivity index (χ0) is 33.3. The standard InChI is InChI=1S/C36H40BrN3O5S/c1-5-45-31-20-18-30(19-21-31)40(46(43,44)32-22-16-29(37)17-23-32)26-34(41)39(25-28-14-10-7-11-15-28)33(35(42)38-36(2,3)4)24-27-12-8-6-9-13-27/h6-23,33H,5,24-26H2,1-4H3,(H,38,42)/t33-/m1/s1. The van der Waals surface area contributed by atoms with Gasteiger partial charge in [-0.1, -0.05) is 76.6 Å². The monoisotopic (exact) mass is 705 g/mol. The van der Waals surface area contributed by atoms with Crippen molar-refractivity contribution in [1.29, 1.82) is 0 Å². The summed E-state index contributed by atoms with van der Waals surface area (Å²) in [5.74, 6) is -0.279. The molecule has 0 aliphatic rings. The van der Waals surface area contributed by atoms with Gasteiger partial charge in [-0.05, 0) is 87.4 Å². The third-order valence-corrected chi connectivity index (χ3v) is 9.40. The van der Waals surface area contributed by atoms with Gasteiger partial charge in [-0.25, -0.2) is 8.42 Å². The summed E-state index contributed by atoms with van der Waals surface area (Å²) >= 11 is 3.36. The number of hydrogen-bond acceptors (Lipinski definition) is 5. The van der Waals surface area contributed by atoms with Gasteiger partial charge in [-0.15, -0.1) is 0 Å². The first-order valence-electron chi connectivity index (χ1n) is 15.1. The molecule has 46 heavy (non-hydrogen) atoms. The van der Waals surface area contributed by atoms with Crippen LogP contribution >= 0.6 is 15.9 Å². The third-order valence-electron chi connectivity index (χ3n) is 7.08. The summed E-state index contributed by atoms with van der Waals surface area (Å²) in [6, 6.07) is 30.7. The summed E-state index contributed by atoms with van der Waals surface area (Å²) in [5.41, 5.74) is 1.40. The van der Waals surface area contributed by atoms with Gasteiger partial charge in [0, 0.05) is 23.0 Å². The van der Waals surface area contributed by atoms with Crippen molar-refractivity contribution in [2.75, 3.05) is 17.5 Å².